The summed E-state index contributed by atoms with van der Waals surface area (Å²) in [4.78, 5) is 11.0. The molecule has 3 aromatic carbocycles. The Morgan fingerprint density at radius 2 is 1.25 bits per heavy atom. The molecule has 0 atom stereocenters. The van der Waals surface area contributed by atoms with E-state index in [0.717, 1.165) is 32.5 Å². The maximum absolute atomic E-state index is 5.04. The maximum Gasteiger partial charge on any atom is 0.236 e. The van der Waals surface area contributed by atoms with Gasteiger partial charge >= 0.3 is 0 Å². The Kier molecular flexibility index (Phi) is 3.34. The van der Waals surface area contributed by atoms with Gasteiger partial charge in [0.05, 0.1) is 16.7 Å². The molecule has 6 rings (SSSR count). The number of thiophene rings is 1. The number of nitrogens with zero attached hydrogens (tertiary/aromatic N) is 3. The Balaban J connectivity index is 1.74. The summed E-state index contributed by atoms with van der Waals surface area (Å²) in [5.74, 6) is 0.714. The van der Waals surface area contributed by atoms with Crippen molar-refractivity contribution in [1.29, 1.82) is 0 Å². The van der Waals surface area contributed by atoms with E-state index in [-0.39, 0.29) is 0 Å². The van der Waals surface area contributed by atoms with Gasteiger partial charge in [-0.3, -0.25) is 4.57 Å². The summed E-state index contributed by atoms with van der Waals surface area (Å²) >= 11 is 1.65. The third-order valence-corrected chi connectivity index (χ3v) is 5.95. The van der Waals surface area contributed by atoms with Crippen LogP contribution >= 0.6 is 11.3 Å². The topological polar surface area (TPSA) is 30.7 Å². The van der Waals surface area contributed by atoms with Crippen LogP contribution in [0.25, 0.3) is 49.2 Å². The molecule has 132 valence electrons. The van der Waals surface area contributed by atoms with Crippen molar-refractivity contribution in [3.8, 4) is 17.2 Å². The van der Waals surface area contributed by atoms with Gasteiger partial charge < -0.3 is 0 Å². The van der Waals surface area contributed by atoms with Gasteiger partial charge in [0, 0.05) is 21.7 Å². The van der Waals surface area contributed by atoms with Crippen molar-refractivity contribution >= 4 is 43.4 Å². The van der Waals surface area contributed by atoms with Gasteiger partial charge in [0.25, 0.3) is 0 Å². The summed E-state index contributed by atoms with van der Waals surface area (Å²) in [6.07, 6.45) is 0. The largest absolute Gasteiger partial charge is 0.278 e. The summed E-state index contributed by atoms with van der Waals surface area (Å²) < 4.78 is 2.18. The van der Waals surface area contributed by atoms with E-state index >= 15 is 0 Å². The molecule has 0 N–H and O–H groups in total. The van der Waals surface area contributed by atoms with Crippen molar-refractivity contribution in [2.24, 2.45) is 0 Å². The second-order valence-corrected chi connectivity index (χ2v) is 7.64. The molecule has 0 spiro atoms. The smallest absolute Gasteiger partial charge is 0.236 e. The number of hydrogen-bond acceptors (Lipinski definition) is 3. The number of para-hydroxylation sites is 2. The van der Waals surface area contributed by atoms with E-state index in [4.69, 9.17) is 9.97 Å². The second kappa shape index (κ2) is 6.01. The van der Waals surface area contributed by atoms with Gasteiger partial charge in [-0.2, -0.15) is 0 Å². The van der Waals surface area contributed by atoms with E-state index in [0.29, 0.717) is 5.95 Å². The van der Waals surface area contributed by atoms with Crippen LogP contribution in [0.5, 0.6) is 0 Å². The van der Waals surface area contributed by atoms with E-state index in [1.54, 1.807) is 11.3 Å². The number of benzene rings is 3. The molecular formula is C24H15N3S. The molecule has 4 heteroatoms. The maximum atomic E-state index is 5.04. The fourth-order valence-corrected chi connectivity index (χ4v) is 4.66. The molecule has 0 saturated carbocycles. The zero-order valence-electron chi connectivity index (χ0n) is 14.9. The van der Waals surface area contributed by atoms with Gasteiger partial charge in [0.2, 0.25) is 5.95 Å². The molecule has 0 amide bonds. The minimum Gasteiger partial charge on any atom is -0.278 e. The molecule has 3 nitrogen and oxygen atoms in total. The van der Waals surface area contributed by atoms with Crippen molar-refractivity contribution < 1.29 is 0 Å². The van der Waals surface area contributed by atoms with Crippen LogP contribution in [-0.4, -0.2) is 14.5 Å². The standard InChI is InChI=1S/C24H15N3S/c1-2-8-16(9-3-1)22-19-14-15-28-23(19)26-24(25-22)27-20-12-6-4-10-17(20)18-11-5-7-13-21(18)27/h1-15H. The first-order valence-electron chi connectivity index (χ1n) is 9.19. The predicted molar refractivity (Wildman–Crippen MR) is 117 cm³/mol. The molecule has 6 aromatic rings. The first-order valence-corrected chi connectivity index (χ1v) is 10.1. The van der Waals surface area contributed by atoms with Gasteiger partial charge in [0.1, 0.15) is 4.83 Å². The predicted octanol–water partition coefficient (Wildman–Crippen LogP) is 6.46. The van der Waals surface area contributed by atoms with E-state index in [1.807, 2.05) is 6.07 Å². The van der Waals surface area contributed by atoms with Crippen LogP contribution in [-0.2, 0) is 0 Å². The zero-order chi connectivity index (χ0) is 18.5. The number of aromatic nitrogens is 3. The highest BCUT2D eigenvalue weighted by Crippen LogP contribution is 2.34. The minimum atomic E-state index is 0.714. The lowest BCUT2D eigenvalue weighted by Gasteiger charge is -2.09. The molecule has 0 aliphatic carbocycles. The average molecular weight is 377 g/mol. The third kappa shape index (κ3) is 2.22. The normalized spacial score (nSPS) is 11.6. The molecular weight excluding hydrogens is 362 g/mol. The fraction of sp³-hybridized carbons (Fsp3) is 0. The van der Waals surface area contributed by atoms with Crippen molar-refractivity contribution in [1.82, 2.24) is 14.5 Å². The molecule has 0 fully saturated rings. The summed E-state index contributed by atoms with van der Waals surface area (Å²) in [5, 5.41) is 5.62. The van der Waals surface area contributed by atoms with Crippen LogP contribution in [0, 0.1) is 0 Å². The highest BCUT2D eigenvalue weighted by Gasteiger charge is 2.16. The Hall–Kier alpha value is -3.50. The molecule has 0 radical (unpaired) electrons. The highest BCUT2D eigenvalue weighted by atomic mass is 32.1. The van der Waals surface area contributed by atoms with Crippen LogP contribution in [0.3, 0.4) is 0 Å². The van der Waals surface area contributed by atoms with E-state index < -0.39 is 0 Å². The summed E-state index contributed by atoms with van der Waals surface area (Å²) in [6, 6.07) is 29.4. The zero-order valence-corrected chi connectivity index (χ0v) is 15.7. The lowest BCUT2D eigenvalue weighted by atomic mass is 10.1. The number of hydrogen-bond donors (Lipinski definition) is 0. The van der Waals surface area contributed by atoms with Gasteiger partial charge in [-0.25, -0.2) is 9.97 Å². The molecule has 3 aromatic heterocycles. The lowest BCUT2D eigenvalue weighted by Crippen LogP contribution is -2.02. The van der Waals surface area contributed by atoms with Crippen molar-refractivity contribution in [3.63, 3.8) is 0 Å². The number of rotatable bonds is 2. The molecule has 0 aliphatic rings. The van der Waals surface area contributed by atoms with Crippen molar-refractivity contribution in [3.05, 3.63) is 90.3 Å². The van der Waals surface area contributed by atoms with Crippen LogP contribution in [0.1, 0.15) is 0 Å². The Morgan fingerprint density at radius 1 is 0.607 bits per heavy atom. The molecule has 0 aliphatic heterocycles. The van der Waals surface area contributed by atoms with Crippen molar-refractivity contribution in [2.45, 2.75) is 0 Å². The number of fused-ring (bicyclic) bond motifs is 4. The summed E-state index contributed by atoms with van der Waals surface area (Å²) in [7, 11) is 0. The van der Waals surface area contributed by atoms with E-state index in [9.17, 15) is 0 Å². The minimum absolute atomic E-state index is 0.714. The van der Waals surface area contributed by atoms with Crippen LogP contribution < -0.4 is 0 Å². The molecule has 0 bridgehead atoms. The molecule has 0 saturated heterocycles. The van der Waals surface area contributed by atoms with Gasteiger partial charge in [-0.1, -0.05) is 66.7 Å². The van der Waals surface area contributed by atoms with Gasteiger partial charge in [-0.15, -0.1) is 11.3 Å². The van der Waals surface area contributed by atoms with Gasteiger partial charge in [-0.05, 0) is 23.6 Å². The lowest BCUT2D eigenvalue weighted by molar-refractivity contribution is 1.02. The molecule has 0 unspecified atom stereocenters. The van der Waals surface area contributed by atoms with E-state index in [1.165, 1.54) is 10.8 Å². The quantitative estimate of drug-likeness (QED) is 0.347. The first kappa shape index (κ1) is 15.5. The second-order valence-electron chi connectivity index (χ2n) is 6.75. The Bertz CT molecular complexity index is 1410. The fourth-order valence-electron chi connectivity index (χ4n) is 3.90. The third-order valence-electron chi connectivity index (χ3n) is 5.14. The van der Waals surface area contributed by atoms with Crippen LogP contribution in [0.4, 0.5) is 0 Å². The molecule has 28 heavy (non-hydrogen) atoms. The van der Waals surface area contributed by atoms with Crippen LogP contribution in [0.15, 0.2) is 90.3 Å². The van der Waals surface area contributed by atoms with E-state index in [2.05, 4.69) is 88.8 Å². The van der Waals surface area contributed by atoms with Crippen LogP contribution in [0.2, 0.25) is 0 Å². The summed E-state index contributed by atoms with van der Waals surface area (Å²) in [6.45, 7) is 0. The molecule has 3 heterocycles. The SMILES string of the molecule is c1ccc(-c2nc(-n3c4ccccc4c4ccccc43)nc3sccc23)cc1. The summed E-state index contributed by atoms with van der Waals surface area (Å²) in [5.41, 5.74) is 4.33. The highest BCUT2D eigenvalue weighted by molar-refractivity contribution is 7.16. The van der Waals surface area contributed by atoms with Crippen molar-refractivity contribution in [2.75, 3.05) is 0 Å². The average Bonchev–Trinajstić information content (AvgIpc) is 3.36. The monoisotopic (exact) mass is 377 g/mol. The Labute approximate surface area is 165 Å². The first-order chi connectivity index (χ1) is 13.9. The van der Waals surface area contributed by atoms with Gasteiger partial charge in [0.15, 0.2) is 0 Å². The Morgan fingerprint density at radius 3 is 1.96 bits per heavy atom.